The van der Waals surface area contributed by atoms with Crippen molar-refractivity contribution in [2.75, 3.05) is 53.5 Å². The lowest BCUT2D eigenvalue weighted by Gasteiger charge is -2.32. The molecule has 1 saturated heterocycles. The van der Waals surface area contributed by atoms with Crippen LogP contribution in [-0.2, 0) is 17.8 Å². The Morgan fingerprint density at radius 3 is 2.59 bits per heavy atom. The third-order valence-corrected chi connectivity index (χ3v) is 4.49. The number of nitrogens with one attached hydrogen (secondary N) is 2. The topological polar surface area (TPSA) is 52.1 Å². The van der Waals surface area contributed by atoms with Gasteiger partial charge in [-0.25, -0.2) is 4.99 Å². The molecule has 1 atom stereocenters. The largest absolute Gasteiger partial charge is 0.379 e. The van der Waals surface area contributed by atoms with Gasteiger partial charge in [0.05, 0.1) is 19.8 Å². The molecule has 1 aromatic rings. The van der Waals surface area contributed by atoms with E-state index >= 15 is 0 Å². The van der Waals surface area contributed by atoms with Crippen LogP contribution in [0, 0.1) is 0 Å². The predicted molar refractivity (Wildman–Crippen MR) is 124 cm³/mol. The summed E-state index contributed by atoms with van der Waals surface area (Å²) in [5, 5.41) is 6.83. The first-order chi connectivity index (χ1) is 12.6. The van der Waals surface area contributed by atoms with Gasteiger partial charge in [-0.1, -0.05) is 24.3 Å². The first kappa shape index (κ1) is 24.1. The van der Waals surface area contributed by atoms with Gasteiger partial charge in [0.2, 0.25) is 0 Å². The quantitative estimate of drug-likeness (QED) is 0.333. The van der Waals surface area contributed by atoms with E-state index in [1.165, 1.54) is 11.1 Å². The van der Waals surface area contributed by atoms with Crippen LogP contribution in [0.3, 0.4) is 0 Å². The van der Waals surface area contributed by atoms with E-state index < -0.39 is 0 Å². The molecule has 0 aliphatic carbocycles. The Kier molecular flexibility index (Phi) is 11.9. The van der Waals surface area contributed by atoms with Crippen LogP contribution in [0.5, 0.6) is 0 Å². The Balaban J connectivity index is 0.00000364. The highest BCUT2D eigenvalue weighted by Crippen LogP contribution is 2.08. The van der Waals surface area contributed by atoms with E-state index in [9.17, 15) is 0 Å². The molecule has 1 aliphatic rings. The van der Waals surface area contributed by atoms with E-state index in [-0.39, 0.29) is 24.0 Å². The molecule has 0 saturated carbocycles. The van der Waals surface area contributed by atoms with Crippen molar-refractivity contribution >= 4 is 29.9 Å². The molecule has 1 aliphatic heterocycles. The highest BCUT2D eigenvalue weighted by molar-refractivity contribution is 14.0. The molecular weight excluding hydrogens is 453 g/mol. The van der Waals surface area contributed by atoms with Crippen LogP contribution < -0.4 is 10.6 Å². The minimum Gasteiger partial charge on any atom is -0.379 e. The third kappa shape index (κ3) is 9.23. The highest BCUT2D eigenvalue weighted by Gasteiger charge is 2.16. The normalized spacial score (nSPS) is 16.7. The van der Waals surface area contributed by atoms with Crippen molar-refractivity contribution in [3.05, 3.63) is 35.4 Å². The van der Waals surface area contributed by atoms with Crippen LogP contribution in [0.2, 0.25) is 0 Å². The number of nitrogens with zero attached hydrogens (tertiary/aromatic N) is 3. The maximum absolute atomic E-state index is 5.43. The third-order valence-electron chi connectivity index (χ3n) is 4.49. The van der Waals surface area contributed by atoms with Crippen molar-refractivity contribution in [3.63, 3.8) is 0 Å². The molecule has 0 bridgehead atoms. The van der Waals surface area contributed by atoms with Crippen LogP contribution >= 0.6 is 24.0 Å². The van der Waals surface area contributed by atoms with Gasteiger partial charge in [0.25, 0.3) is 0 Å². The summed E-state index contributed by atoms with van der Waals surface area (Å²) in [4.78, 5) is 9.40. The molecule has 0 spiro atoms. The molecule has 2 N–H and O–H groups in total. The molecule has 0 radical (unpaired) electrons. The molecule has 27 heavy (non-hydrogen) atoms. The summed E-state index contributed by atoms with van der Waals surface area (Å²) in [5.74, 6) is 0.880. The smallest absolute Gasteiger partial charge is 0.191 e. The average molecular weight is 489 g/mol. The van der Waals surface area contributed by atoms with Crippen molar-refractivity contribution in [1.82, 2.24) is 20.4 Å². The first-order valence-electron chi connectivity index (χ1n) is 9.65. The van der Waals surface area contributed by atoms with Crippen LogP contribution in [0.25, 0.3) is 0 Å². The van der Waals surface area contributed by atoms with Crippen molar-refractivity contribution in [1.29, 1.82) is 0 Å². The van der Waals surface area contributed by atoms with E-state index in [2.05, 4.69) is 72.6 Å². The maximum atomic E-state index is 5.43. The summed E-state index contributed by atoms with van der Waals surface area (Å²) >= 11 is 0. The molecule has 154 valence electrons. The van der Waals surface area contributed by atoms with Crippen molar-refractivity contribution < 1.29 is 4.74 Å². The van der Waals surface area contributed by atoms with E-state index in [4.69, 9.17) is 9.73 Å². The SMILES string of the molecule is CCNC(=NCc1cccc(CN(C)C)c1)NCC(C)N1CCOCC1.I. The monoisotopic (exact) mass is 489 g/mol. The number of halogens is 1. The number of rotatable bonds is 8. The zero-order valence-electron chi connectivity index (χ0n) is 17.2. The van der Waals surface area contributed by atoms with Gasteiger partial charge in [0.15, 0.2) is 5.96 Å². The Morgan fingerprint density at radius 2 is 1.93 bits per heavy atom. The number of guanidine groups is 1. The van der Waals surface area contributed by atoms with Gasteiger partial charge < -0.3 is 20.3 Å². The summed E-state index contributed by atoms with van der Waals surface area (Å²) in [6.07, 6.45) is 0. The highest BCUT2D eigenvalue weighted by atomic mass is 127. The molecule has 1 aromatic carbocycles. The number of ether oxygens (including phenoxy) is 1. The standard InChI is InChI=1S/C20H35N5O.HI/c1-5-21-20(22-14-17(2)25-9-11-26-12-10-25)23-15-18-7-6-8-19(13-18)16-24(3)4;/h6-8,13,17H,5,9-12,14-16H2,1-4H3,(H2,21,22,23);1H. The van der Waals surface area contributed by atoms with Gasteiger partial charge in [-0.05, 0) is 39.1 Å². The molecule has 6 nitrogen and oxygen atoms in total. The second-order valence-electron chi connectivity index (χ2n) is 7.13. The molecule has 1 fully saturated rings. The van der Waals surface area contributed by atoms with E-state index in [0.29, 0.717) is 12.6 Å². The zero-order chi connectivity index (χ0) is 18.8. The molecule has 0 amide bonds. The minimum absolute atomic E-state index is 0. The van der Waals surface area contributed by atoms with E-state index in [0.717, 1.165) is 51.9 Å². The fourth-order valence-corrected chi connectivity index (χ4v) is 3.10. The van der Waals surface area contributed by atoms with Gasteiger partial charge in [-0.3, -0.25) is 4.90 Å². The van der Waals surface area contributed by atoms with Crippen molar-refractivity contribution in [2.45, 2.75) is 33.0 Å². The fourth-order valence-electron chi connectivity index (χ4n) is 3.10. The summed E-state index contributed by atoms with van der Waals surface area (Å²) in [5.41, 5.74) is 2.56. The van der Waals surface area contributed by atoms with Crippen LogP contribution in [0.1, 0.15) is 25.0 Å². The molecule has 2 rings (SSSR count). The Labute approximate surface area is 181 Å². The van der Waals surface area contributed by atoms with E-state index in [1.807, 2.05) is 0 Å². The van der Waals surface area contributed by atoms with Crippen molar-refractivity contribution in [2.24, 2.45) is 4.99 Å². The maximum Gasteiger partial charge on any atom is 0.191 e. The van der Waals surface area contributed by atoms with Gasteiger partial charge >= 0.3 is 0 Å². The number of aliphatic imine (C=N–C) groups is 1. The summed E-state index contributed by atoms with van der Waals surface area (Å²) < 4.78 is 5.43. The van der Waals surface area contributed by atoms with Crippen molar-refractivity contribution in [3.8, 4) is 0 Å². The summed E-state index contributed by atoms with van der Waals surface area (Å²) in [6.45, 7) is 11.4. The van der Waals surface area contributed by atoms with Gasteiger partial charge in [0, 0.05) is 38.8 Å². The molecule has 1 heterocycles. The number of hydrogen-bond donors (Lipinski definition) is 2. The second-order valence-corrected chi connectivity index (χ2v) is 7.13. The lowest BCUT2D eigenvalue weighted by Crippen LogP contribution is -2.49. The number of benzene rings is 1. The lowest BCUT2D eigenvalue weighted by molar-refractivity contribution is 0.0211. The molecular formula is C20H36IN5O. The fraction of sp³-hybridized carbons (Fsp3) is 0.650. The van der Waals surface area contributed by atoms with Crippen LogP contribution in [0.15, 0.2) is 29.3 Å². The minimum atomic E-state index is 0. The van der Waals surface area contributed by atoms with Gasteiger partial charge in [-0.15, -0.1) is 24.0 Å². The van der Waals surface area contributed by atoms with E-state index in [1.54, 1.807) is 0 Å². The van der Waals surface area contributed by atoms with Crippen LogP contribution in [-0.4, -0.2) is 75.3 Å². The first-order valence-corrected chi connectivity index (χ1v) is 9.65. The number of morpholine rings is 1. The molecule has 7 heteroatoms. The Morgan fingerprint density at radius 1 is 1.22 bits per heavy atom. The molecule has 0 aromatic heterocycles. The van der Waals surface area contributed by atoms with Gasteiger partial charge in [0.1, 0.15) is 0 Å². The Bertz CT molecular complexity index is 561. The number of hydrogen-bond acceptors (Lipinski definition) is 4. The predicted octanol–water partition coefficient (Wildman–Crippen LogP) is 2.14. The Hall–Kier alpha value is -0.900. The summed E-state index contributed by atoms with van der Waals surface area (Å²) in [7, 11) is 4.18. The second kappa shape index (κ2) is 13.3. The van der Waals surface area contributed by atoms with Crippen LogP contribution in [0.4, 0.5) is 0 Å². The zero-order valence-corrected chi connectivity index (χ0v) is 19.5. The van der Waals surface area contributed by atoms with Gasteiger partial charge in [-0.2, -0.15) is 0 Å². The summed E-state index contributed by atoms with van der Waals surface area (Å²) in [6, 6.07) is 9.13. The molecule has 1 unspecified atom stereocenters. The lowest BCUT2D eigenvalue weighted by atomic mass is 10.1. The average Bonchev–Trinajstić information content (AvgIpc) is 2.64.